The van der Waals surface area contributed by atoms with Crippen molar-refractivity contribution in [1.82, 2.24) is 0 Å². The molecule has 0 amide bonds. The summed E-state index contributed by atoms with van der Waals surface area (Å²) in [6.45, 7) is 13.5. The summed E-state index contributed by atoms with van der Waals surface area (Å²) in [6, 6.07) is 4.69. The molecule has 21 heavy (non-hydrogen) atoms. The van der Waals surface area contributed by atoms with Gasteiger partial charge in [-0.1, -0.05) is 65.4 Å². The lowest BCUT2D eigenvalue weighted by Gasteiger charge is -2.22. The Morgan fingerprint density at radius 1 is 1.00 bits per heavy atom. The van der Waals surface area contributed by atoms with Crippen LogP contribution in [0, 0.1) is 5.41 Å². The Hall–Kier alpha value is -0.480. The molecule has 4 heteroatoms. The fraction of sp³-hybridized carbons (Fsp3) is 0.588. The lowest BCUT2D eigenvalue weighted by molar-refractivity contribution is 0.790. The number of nitrogens with one attached hydrogen (secondary N) is 1. The fourth-order valence-electron chi connectivity index (χ4n) is 2.42. The number of hydrogen-bond donors (Lipinski definition) is 2. The third-order valence-corrected chi connectivity index (χ3v) is 4.37. The molecule has 0 fully saturated rings. The van der Waals surface area contributed by atoms with Gasteiger partial charge in [-0.25, -0.2) is 0 Å². The van der Waals surface area contributed by atoms with Gasteiger partial charge >= 0.3 is 0 Å². The van der Waals surface area contributed by atoms with Gasteiger partial charge in [-0.2, -0.15) is 0 Å². The van der Waals surface area contributed by atoms with Crippen LogP contribution in [-0.2, 0) is 5.75 Å². The molecule has 0 radical (unpaired) electrons. The Bertz CT molecular complexity index is 453. The summed E-state index contributed by atoms with van der Waals surface area (Å²) < 4.78 is 0. The maximum absolute atomic E-state index is 7.45. The van der Waals surface area contributed by atoms with Crippen LogP contribution in [0.3, 0.4) is 0 Å². The minimum atomic E-state index is 0. The minimum absolute atomic E-state index is 0. The highest BCUT2D eigenvalue weighted by molar-refractivity contribution is 8.93. The van der Waals surface area contributed by atoms with E-state index in [0.29, 0.717) is 17.8 Å². The number of nitrogens with two attached hydrogens (primary N) is 1. The van der Waals surface area contributed by atoms with Crippen molar-refractivity contribution in [2.75, 3.05) is 0 Å². The van der Waals surface area contributed by atoms with Crippen LogP contribution in [0.25, 0.3) is 0 Å². The van der Waals surface area contributed by atoms with E-state index in [-0.39, 0.29) is 22.1 Å². The normalized spacial score (nSPS) is 11.1. The predicted molar refractivity (Wildman–Crippen MR) is 102 cm³/mol. The first-order valence-electron chi connectivity index (χ1n) is 7.37. The Morgan fingerprint density at radius 3 is 1.71 bits per heavy atom. The third kappa shape index (κ3) is 5.67. The monoisotopic (exact) mass is 372 g/mol. The van der Waals surface area contributed by atoms with E-state index in [1.165, 1.54) is 34.0 Å². The van der Waals surface area contributed by atoms with E-state index < -0.39 is 0 Å². The molecule has 3 N–H and O–H groups in total. The molecule has 0 saturated carbocycles. The average Bonchev–Trinajstić information content (AvgIpc) is 2.34. The smallest absolute Gasteiger partial charge is 0.151 e. The second kappa shape index (κ2) is 8.84. The van der Waals surface area contributed by atoms with E-state index in [1.54, 1.807) is 0 Å². The number of rotatable bonds is 5. The molecule has 0 aromatic heterocycles. The molecule has 0 heterocycles. The SMILES string of the molecule is Br.CC(C)c1cc(C(C)C)c(CSC(=N)N)c(C(C)C)c1. The highest BCUT2D eigenvalue weighted by Gasteiger charge is 2.17. The second-order valence-electron chi connectivity index (χ2n) is 6.29. The lowest BCUT2D eigenvalue weighted by Crippen LogP contribution is -2.09. The molecule has 1 aromatic carbocycles. The summed E-state index contributed by atoms with van der Waals surface area (Å²) in [5, 5.41) is 7.65. The number of benzene rings is 1. The summed E-state index contributed by atoms with van der Waals surface area (Å²) in [5.41, 5.74) is 11.1. The zero-order valence-electron chi connectivity index (χ0n) is 14.0. The van der Waals surface area contributed by atoms with Crippen LogP contribution in [0.1, 0.15) is 81.5 Å². The molecule has 0 aliphatic heterocycles. The molecular weight excluding hydrogens is 344 g/mol. The molecule has 0 aliphatic rings. The van der Waals surface area contributed by atoms with Gasteiger partial charge < -0.3 is 5.73 Å². The Kier molecular flexibility index (Phi) is 8.64. The van der Waals surface area contributed by atoms with Gasteiger partial charge in [0.15, 0.2) is 5.17 Å². The summed E-state index contributed by atoms with van der Waals surface area (Å²) in [6.07, 6.45) is 0. The van der Waals surface area contributed by atoms with Gasteiger partial charge in [0.25, 0.3) is 0 Å². The molecule has 2 nitrogen and oxygen atoms in total. The van der Waals surface area contributed by atoms with Crippen LogP contribution in [0.2, 0.25) is 0 Å². The fourth-order valence-corrected chi connectivity index (χ4v) is 3.06. The Balaban J connectivity index is 0.00000400. The number of amidine groups is 1. The molecule has 0 bridgehead atoms. The average molecular weight is 373 g/mol. The van der Waals surface area contributed by atoms with Crippen LogP contribution in [0.4, 0.5) is 0 Å². The van der Waals surface area contributed by atoms with Gasteiger partial charge in [0.2, 0.25) is 0 Å². The van der Waals surface area contributed by atoms with Crippen LogP contribution in [0.5, 0.6) is 0 Å². The topological polar surface area (TPSA) is 49.9 Å². The molecule has 0 saturated heterocycles. The van der Waals surface area contributed by atoms with E-state index in [1.807, 2.05) is 0 Å². The quantitative estimate of drug-likeness (QED) is 0.509. The summed E-state index contributed by atoms with van der Waals surface area (Å²) in [5.74, 6) is 2.33. The van der Waals surface area contributed by atoms with Gasteiger partial charge in [0, 0.05) is 5.75 Å². The molecule has 0 atom stereocenters. The lowest BCUT2D eigenvalue weighted by atomic mass is 9.85. The van der Waals surface area contributed by atoms with Crippen LogP contribution in [0.15, 0.2) is 12.1 Å². The Morgan fingerprint density at radius 2 is 1.43 bits per heavy atom. The van der Waals surface area contributed by atoms with Crippen molar-refractivity contribution < 1.29 is 0 Å². The van der Waals surface area contributed by atoms with E-state index in [2.05, 4.69) is 53.7 Å². The van der Waals surface area contributed by atoms with Crippen molar-refractivity contribution in [1.29, 1.82) is 5.41 Å². The summed E-state index contributed by atoms with van der Waals surface area (Å²) in [7, 11) is 0. The molecular formula is C17H29BrN2S. The molecule has 120 valence electrons. The maximum atomic E-state index is 7.45. The maximum Gasteiger partial charge on any atom is 0.151 e. The van der Waals surface area contributed by atoms with Crippen molar-refractivity contribution in [2.45, 2.75) is 65.0 Å². The largest absolute Gasteiger partial charge is 0.379 e. The van der Waals surface area contributed by atoms with Crippen molar-refractivity contribution in [3.63, 3.8) is 0 Å². The number of halogens is 1. The summed E-state index contributed by atoms with van der Waals surface area (Å²) in [4.78, 5) is 0. The van der Waals surface area contributed by atoms with E-state index in [4.69, 9.17) is 11.1 Å². The first kappa shape index (κ1) is 20.5. The van der Waals surface area contributed by atoms with Crippen molar-refractivity contribution >= 4 is 33.9 Å². The number of thioether (sulfide) groups is 1. The minimum Gasteiger partial charge on any atom is -0.379 e. The molecule has 0 spiro atoms. The third-order valence-electron chi connectivity index (χ3n) is 3.62. The van der Waals surface area contributed by atoms with Gasteiger partial charge in [-0.15, -0.1) is 17.0 Å². The zero-order chi connectivity index (χ0) is 15.4. The van der Waals surface area contributed by atoms with Gasteiger partial charge in [-0.3, -0.25) is 5.41 Å². The van der Waals surface area contributed by atoms with Crippen LogP contribution >= 0.6 is 28.7 Å². The summed E-state index contributed by atoms with van der Waals surface area (Å²) >= 11 is 1.42. The van der Waals surface area contributed by atoms with Crippen LogP contribution in [-0.4, -0.2) is 5.17 Å². The first-order valence-corrected chi connectivity index (χ1v) is 8.36. The van der Waals surface area contributed by atoms with E-state index in [0.717, 1.165) is 5.75 Å². The molecule has 1 rings (SSSR count). The highest BCUT2D eigenvalue weighted by atomic mass is 79.9. The standard InChI is InChI=1S/C17H28N2S.BrH/c1-10(2)13-7-14(11(3)4)16(9-20-17(18)19)15(8-13)12(5)6;/h7-8,10-12H,9H2,1-6H3,(H3,18,19);1H. The first-order chi connectivity index (χ1) is 9.23. The number of hydrogen-bond acceptors (Lipinski definition) is 2. The molecule has 0 unspecified atom stereocenters. The van der Waals surface area contributed by atoms with Crippen molar-refractivity contribution in [3.05, 3.63) is 34.4 Å². The van der Waals surface area contributed by atoms with Crippen LogP contribution < -0.4 is 5.73 Å². The predicted octanol–water partition coefficient (Wildman–Crippen LogP) is 5.76. The van der Waals surface area contributed by atoms with E-state index >= 15 is 0 Å². The Labute approximate surface area is 144 Å². The van der Waals surface area contributed by atoms with Gasteiger partial charge in [0.1, 0.15) is 0 Å². The van der Waals surface area contributed by atoms with Gasteiger partial charge in [0.05, 0.1) is 0 Å². The van der Waals surface area contributed by atoms with Crippen molar-refractivity contribution in [2.24, 2.45) is 5.73 Å². The second-order valence-corrected chi connectivity index (χ2v) is 7.31. The zero-order valence-corrected chi connectivity index (χ0v) is 16.5. The van der Waals surface area contributed by atoms with Gasteiger partial charge in [-0.05, 0) is 40.0 Å². The molecule has 0 aliphatic carbocycles. The van der Waals surface area contributed by atoms with Crippen molar-refractivity contribution in [3.8, 4) is 0 Å². The molecule has 1 aromatic rings. The highest BCUT2D eigenvalue weighted by Crippen LogP contribution is 2.34. The van der Waals surface area contributed by atoms with E-state index in [9.17, 15) is 0 Å².